The van der Waals surface area contributed by atoms with Gasteiger partial charge in [-0.05, 0) is 158 Å². The molecule has 25 nitrogen and oxygen atoms in total. The van der Waals surface area contributed by atoms with E-state index >= 15 is 0 Å². The number of likely N-dealkylation sites (tertiary alicyclic amines) is 1. The zero-order valence-electron chi connectivity index (χ0n) is 66.6. The fourth-order valence-corrected chi connectivity index (χ4v) is 15.9. The largest absolute Gasteiger partial charge is 0.502 e. The molecule has 10 atom stereocenters. The molecule has 0 spiro atoms. The average Bonchev–Trinajstić information content (AvgIpc) is 1.59. The molecule has 612 valence electrons. The van der Waals surface area contributed by atoms with E-state index in [9.17, 15) is 48.6 Å². The van der Waals surface area contributed by atoms with E-state index in [0.717, 1.165) is 24.4 Å². The third-order valence-corrected chi connectivity index (χ3v) is 20.7. The number of β-amino-alcohol motifs (C(OH)–C–C–N with tert-alkyl or cyclic N) is 1. The van der Waals surface area contributed by atoms with Gasteiger partial charge in [0.1, 0.15) is 46.4 Å². The van der Waals surface area contributed by atoms with Gasteiger partial charge in [0.2, 0.25) is 23.6 Å². The SMILES string of the molecule is C=CCOCCC[C@H](NC(=O)OC(C)(C)C)C(=O)N1C[C@H](O)C[C@H]1C(=O)N[C@]1(C(=O)OCC)C[C@H]1C=C.CC(C)Oc1ccc(Cl)cc1[CH]=[Ru]([Cl])[Cl].CCOC(=O)[C@@]12C[C@H]1/C=C\COCCC[C@H](NC(=O)OC(C)(C)C)C(=O)N1C[C@H](O)C[C@H]1C(=O)N2.Cc1cc(C)c(N2[CH-]N(c3c(C)cc(C)cc3C)CC2)c(C)c1. The Labute approximate surface area is 667 Å². The molecule has 5 fully saturated rings. The van der Waals surface area contributed by atoms with Crippen molar-refractivity contribution in [3.05, 3.63) is 131 Å². The third-order valence-electron chi connectivity index (χ3n) is 18.6. The maximum Gasteiger partial charge on any atom is 0.408 e. The molecule has 0 aromatic heterocycles. The van der Waals surface area contributed by atoms with E-state index in [1.807, 2.05) is 36.7 Å². The predicted octanol–water partition coefficient (Wildman–Crippen LogP) is 11.3. The number of alkyl carbamates (subject to hydrolysis) is 2. The molecule has 6 aliphatic rings. The van der Waals surface area contributed by atoms with Crippen molar-refractivity contribution in [2.24, 2.45) is 11.8 Å². The summed E-state index contributed by atoms with van der Waals surface area (Å²) >= 11 is 4.04. The molecule has 0 radical (unpaired) electrons. The number of aryl methyl sites for hydroxylation is 6. The summed E-state index contributed by atoms with van der Waals surface area (Å²) in [6, 6.07) is 10.6. The Morgan fingerprint density at radius 2 is 1.39 bits per heavy atom. The number of fused-ring (bicyclic) bond motifs is 2. The van der Waals surface area contributed by atoms with Crippen molar-refractivity contribution in [1.82, 2.24) is 31.1 Å². The van der Waals surface area contributed by atoms with Gasteiger partial charge in [0.25, 0.3) is 0 Å². The van der Waals surface area contributed by atoms with Gasteiger partial charge in [-0.25, -0.2) is 19.2 Å². The Kier molecular flexibility index (Phi) is 34.7. The minimum absolute atomic E-state index is 0.00314. The number of halogens is 3. The third kappa shape index (κ3) is 26.8. The summed E-state index contributed by atoms with van der Waals surface area (Å²) in [6.45, 7) is 44.0. The number of nitrogens with zero attached hydrogens (tertiary/aromatic N) is 4. The van der Waals surface area contributed by atoms with Gasteiger partial charge in [0.15, 0.2) is 0 Å². The molecule has 29 heteroatoms. The van der Waals surface area contributed by atoms with E-state index in [1.54, 1.807) is 79.7 Å². The Bertz CT molecular complexity index is 3700. The first-order valence-electron chi connectivity index (χ1n) is 37.5. The monoisotopic (exact) mass is 1680 g/mol. The Morgan fingerprint density at radius 3 is 1.94 bits per heavy atom. The van der Waals surface area contributed by atoms with Crippen LogP contribution in [0.4, 0.5) is 21.0 Å². The molecular formula is C81H116Cl3N8O17Ru-. The molecule has 4 heterocycles. The molecule has 0 bridgehead atoms. The first-order valence-corrected chi connectivity index (χ1v) is 43.4. The van der Waals surface area contributed by atoms with Crippen LogP contribution in [0.1, 0.15) is 160 Å². The summed E-state index contributed by atoms with van der Waals surface area (Å²) in [4.78, 5) is 111. The van der Waals surface area contributed by atoms with Crippen molar-refractivity contribution in [2.45, 2.75) is 227 Å². The molecule has 110 heavy (non-hydrogen) atoms. The number of aliphatic hydroxyl groups is 2. The van der Waals surface area contributed by atoms with E-state index in [2.05, 4.69) is 117 Å². The molecule has 3 aromatic carbocycles. The molecule has 6 amide bonds. The maximum absolute atomic E-state index is 13.6. The van der Waals surface area contributed by atoms with Crippen LogP contribution in [0.3, 0.4) is 0 Å². The fraction of sp³-hybridized carbons (Fsp3) is 0.580. The Hall–Kier alpha value is -7.16. The van der Waals surface area contributed by atoms with Gasteiger partial charge in [-0.3, -0.25) is 19.2 Å². The molecule has 6 N–H and O–H groups in total. The summed E-state index contributed by atoms with van der Waals surface area (Å²) in [5.41, 5.74) is 7.75. The second kappa shape index (κ2) is 41.6. The number of hydrogen-bond donors (Lipinski definition) is 6. The number of carbonyl (C=O) groups is 8. The van der Waals surface area contributed by atoms with E-state index in [0.29, 0.717) is 57.1 Å². The van der Waals surface area contributed by atoms with E-state index in [-0.39, 0.29) is 69.9 Å². The number of esters is 2. The molecular weight excluding hydrogens is 1560 g/mol. The number of rotatable bonds is 21. The summed E-state index contributed by atoms with van der Waals surface area (Å²) in [5, 5.41) is 32.1. The number of amides is 6. The summed E-state index contributed by atoms with van der Waals surface area (Å²) in [5.74, 6) is -3.02. The smallest absolute Gasteiger partial charge is 0.408 e. The predicted molar refractivity (Wildman–Crippen MR) is 424 cm³/mol. The van der Waals surface area contributed by atoms with Crippen LogP contribution in [-0.4, -0.2) is 203 Å². The number of hydrogen-bond acceptors (Lipinski definition) is 19. The number of anilines is 2. The van der Waals surface area contributed by atoms with E-state index in [4.69, 9.17) is 64.1 Å². The number of ether oxygens (including phenoxy) is 7. The molecule has 3 aromatic rings. The van der Waals surface area contributed by atoms with Crippen molar-refractivity contribution in [2.75, 3.05) is 75.6 Å². The Morgan fingerprint density at radius 1 is 0.809 bits per heavy atom. The van der Waals surface area contributed by atoms with Crippen LogP contribution in [0.5, 0.6) is 5.75 Å². The molecule has 3 saturated heterocycles. The number of carbonyl (C=O) groups excluding carboxylic acids is 8. The van der Waals surface area contributed by atoms with Crippen LogP contribution < -0.4 is 35.8 Å². The van der Waals surface area contributed by atoms with E-state index < -0.39 is 120 Å². The normalized spacial score (nSPS) is 23.7. The van der Waals surface area contributed by atoms with Crippen LogP contribution in [0.25, 0.3) is 0 Å². The number of nitrogens with one attached hydrogen (secondary N) is 4. The van der Waals surface area contributed by atoms with Crippen molar-refractivity contribution in [3.8, 4) is 5.75 Å². The Balaban J connectivity index is 0.000000240. The molecule has 0 unspecified atom stereocenters. The zero-order chi connectivity index (χ0) is 81.8. The van der Waals surface area contributed by atoms with Crippen LogP contribution in [-0.2, 0) is 70.7 Å². The van der Waals surface area contributed by atoms with Crippen molar-refractivity contribution >= 4 is 94.7 Å². The van der Waals surface area contributed by atoms with Gasteiger partial charge >= 0.3 is 132 Å². The first-order chi connectivity index (χ1) is 51.7. The van der Waals surface area contributed by atoms with Crippen LogP contribution in [0, 0.1) is 60.0 Å². The van der Waals surface area contributed by atoms with Crippen LogP contribution >= 0.6 is 31.0 Å². The summed E-state index contributed by atoms with van der Waals surface area (Å²) in [7, 11) is 11.7. The summed E-state index contributed by atoms with van der Waals surface area (Å²) < 4.78 is 39.4. The zero-order valence-corrected chi connectivity index (χ0v) is 70.6. The van der Waals surface area contributed by atoms with Gasteiger partial charge in [-0.15, -0.1) is 13.2 Å². The van der Waals surface area contributed by atoms with Gasteiger partial charge in [0.05, 0.1) is 38.6 Å². The number of aliphatic hydroxyl groups excluding tert-OH is 2. The van der Waals surface area contributed by atoms with Gasteiger partial charge < -0.3 is 79.5 Å². The number of benzene rings is 3. The topological polar surface area (TPSA) is 303 Å². The van der Waals surface area contributed by atoms with Gasteiger partial charge in [-0.2, -0.15) is 6.67 Å². The minimum Gasteiger partial charge on any atom is -0.502 e. The van der Waals surface area contributed by atoms with Crippen molar-refractivity contribution < 1.29 is 95.2 Å². The van der Waals surface area contributed by atoms with E-state index in [1.165, 1.54) is 54.6 Å². The second-order valence-electron chi connectivity index (χ2n) is 30.7. The van der Waals surface area contributed by atoms with Crippen molar-refractivity contribution in [1.29, 1.82) is 0 Å². The quantitative estimate of drug-likeness (QED) is 0.0144. The molecule has 4 aliphatic heterocycles. The van der Waals surface area contributed by atoms with Gasteiger partial charge in [0, 0.05) is 75.4 Å². The van der Waals surface area contributed by atoms with Gasteiger partial charge in [-0.1, -0.05) is 59.7 Å². The average molecular weight is 1680 g/mol. The molecule has 2 saturated carbocycles. The molecule has 2 aliphatic carbocycles. The summed E-state index contributed by atoms with van der Waals surface area (Å²) in [6.07, 6.45) is 5.71. The second-order valence-corrected chi connectivity index (χ2v) is 36.9. The first kappa shape index (κ1) is 91.7. The standard InChI is InChI=1S/C26H41N3O8.C24H37N3O8.C21H27N2.C10H11ClO.2ClH.Ru/c1-7-12-35-13-10-11-19(27-24(34)37-25(4,5)6)22(32)29-16-18(30)14-20(29)21(31)28-26(15-17(26)8-2)23(33)36-9-3;1-5-34-21(31)24-13-15(24)8-6-10-33-11-7-9-17(25-22(32)35-23(2,3)4)20(30)27-14-16(28)12-18(27)19(29)26-24;1-14-9-16(3)20(17(4)10-14)22-7-8-23(13-22)21-18(5)11-15(2)12-19(21)6;1-7(2)12-10-5-4-9(11)6-8(10)3;;;/h7-8,17-20,30H,1-2,9-16H2,3-6H3,(H,27,34)(H,28,31);6,8,15-18,28H,5,7,9-14H2,1-4H3,(H,25,32)(H,26,29);9-13H,7-8H2,1-6H3;3-7H,1-2H3;2*1H;/q;;-1;;;;+2/p-2/b;8-6-;;;;;/t17-,18-,19+,20+,26-;15-,16-,17+,18+,24-;;;;;/m11...../s1. The van der Waals surface area contributed by atoms with Crippen LogP contribution in [0.15, 0.2) is 79.9 Å². The maximum atomic E-state index is 13.6. The van der Waals surface area contributed by atoms with Crippen LogP contribution in [0.2, 0.25) is 5.02 Å². The van der Waals surface area contributed by atoms with Crippen molar-refractivity contribution in [3.63, 3.8) is 0 Å². The fourth-order valence-electron chi connectivity index (χ4n) is 14.0. The molecule has 9 rings (SSSR count). The minimum atomic E-state index is -1.85.